The lowest BCUT2D eigenvalue weighted by atomic mass is 9.70. The molecule has 0 spiro atoms. The Morgan fingerprint density at radius 3 is 1.63 bits per heavy atom. The van der Waals surface area contributed by atoms with Gasteiger partial charge in [-0.15, -0.1) is 0 Å². The summed E-state index contributed by atoms with van der Waals surface area (Å²) in [4.78, 5) is 10.8. The Morgan fingerprint density at radius 1 is 0.383 bits per heavy atom. The monoisotopic (exact) mass is 768 g/mol. The molecule has 0 saturated carbocycles. The lowest BCUT2D eigenvalue weighted by molar-refractivity contribution is 0.643. The number of nitrogens with zero attached hydrogens (tertiary/aromatic N) is 4. The van der Waals surface area contributed by atoms with Crippen molar-refractivity contribution in [2.45, 2.75) is 38.5 Å². The molecule has 0 amide bonds. The van der Waals surface area contributed by atoms with E-state index in [1.807, 2.05) is 0 Å². The maximum Gasteiger partial charge on any atom is 0.235 e. The first-order chi connectivity index (χ1) is 29.3. The van der Waals surface area contributed by atoms with Crippen molar-refractivity contribution in [3.05, 3.63) is 192 Å². The smallest absolute Gasteiger partial charge is 0.235 e. The summed E-state index contributed by atoms with van der Waals surface area (Å²) in [7, 11) is 0. The van der Waals surface area contributed by atoms with E-state index >= 15 is 0 Å². The van der Waals surface area contributed by atoms with Gasteiger partial charge in [-0.2, -0.15) is 0 Å². The van der Waals surface area contributed by atoms with Crippen molar-refractivity contribution in [2.24, 2.45) is 0 Å². The third-order valence-electron chi connectivity index (χ3n) is 13.9. The topological polar surface area (TPSA) is 35.6 Å². The molecule has 11 aromatic rings. The molecular formula is C56H40N4. The highest BCUT2D eigenvalue weighted by Crippen LogP contribution is 2.50. The van der Waals surface area contributed by atoms with Crippen LogP contribution in [0.25, 0.3) is 99.7 Å². The average molecular weight is 769 g/mol. The maximum absolute atomic E-state index is 5.44. The van der Waals surface area contributed by atoms with Crippen molar-refractivity contribution >= 4 is 54.5 Å². The van der Waals surface area contributed by atoms with Gasteiger partial charge in [0, 0.05) is 49.0 Å². The van der Waals surface area contributed by atoms with Gasteiger partial charge in [0.25, 0.3) is 0 Å². The van der Waals surface area contributed by atoms with Gasteiger partial charge >= 0.3 is 0 Å². The zero-order valence-corrected chi connectivity index (χ0v) is 34.0. The van der Waals surface area contributed by atoms with Gasteiger partial charge in [0.15, 0.2) is 0 Å². The largest absolute Gasteiger partial charge is 0.309 e. The van der Waals surface area contributed by atoms with Gasteiger partial charge in [0.1, 0.15) is 0 Å². The first kappa shape index (κ1) is 33.6. The minimum absolute atomic E-state index is 0.0708. The molecule has 0 unspecified atom stereocenters. The second-order valence-electron chi connectivity index (χ2n) is 17.8. The number of rotatable bonds is 3. The van der Waals surface area contributed by atoms with Crippen LogP contribution in [0.1, 0.15) is 49.9 Å². The SMILES string of the molecule is CC1(C)c2ccccc2-c2ccc(-n3c4ccccc4c4cc(-c5ccc6c(c5)c5ccccc5n6-c5nc6c7c(cccc7n5)C(C)(C)c5ccccc5-6)ccc43)cc21. The second-order valence-corrected chi connectivity index (χ2v) is 17.8. The number of hydrogen-bond acceptors (Lipinski definition) is 2. The molecule has 2 aliphatic carbocycles. The third-order valence-corrected chi connectivity index (χ3v) is 13.9. The Hall–Kier alpha value is -7.30. The first-order valence-electron chi connectivity index (χ1n) is 21.0. The summed E-state index contributed by atoms with van der Waals surface area (Å²) in [5.74, 6) is 0.691. The van der Waals surface area contributed by atoms with Crippen LogP contribution in [0.3, 0.4) is 0 Å². The van der Waals surface area contributed by atoms with Crippen LogP contribution in [0, 0.1) is 0 Å². The summed E-state index contributed by atoms with van der Waals surface area (Å²) in [6.45, 7) is 9.33. The molecule has 0 atom stereocenters. The predicted molar refractivity (Wildman–Crippen MR) is 249 cm³/mol. The Labute approximate surface area is 348 Å². The third kappa shape index (κ3) is 4.35. The summed E-state index contributed by atoms with van der Waals surface area (Å²) >= 11 is 0. The molecule has 2 aliphatic rings. The van der Waals surface area contributed by atoms with Gasteiger partial charge in [-0.1, -0.05) is 143 Å². The molecule has 0 radical (unpaired) electrons. The highest BCUT2D eigenvalue weighted by Gasteiger charge is 2.36. The average Bonchev–Trinajstić information content (AvgIpc) is 3.87. The Kier molecular flexibility index (Phi) is 6.55. The summed E-state index contributed by atoms with van der Waals surface area (Å²) in [6.07, 6.45) is 0. The van der Waals surface area contributed by atoms with Crippen molar-refractivity contribution < 1.29 is 0 Å². The van der Waals surface area contributed by atoms with Crippen LogP contribution in [0.5, 0.6) is 0 Å². The van der Waals surface area contributed by atoms with Crippen molar-refractivity contribution in [2.75, 3.05) is 0 Å². The molecule has 0 fully saturated rings. The fourth-order valence-electron chi connectivity index (χ4n) is 11.0. The molecule has 0 N–H and O–H groups in total. The van der Waals surface area contributed by atoms with Gasteiger partial charge in [0.2, 0.25) is 5.95 Å². The summed E-state index contributed by atoms with van der Waals surface area (Å²) < 4.78 is 4.70. The minimum Gasteiger partial charge on any atom is -0.309 e. The van der Waals surface area contributed by atoms with E-state index in [1.54, 1.807) is 0 Å². The lowest BCUT2D eigenvalue weighted by Crippen LogP contribution is -2.24. The van der Waals surface area contributed by atoms with E-state index < -0.39 is 0 Å². The van der Waals surface area contributed by atoms with Gasteiger partial charge in [-0.3, -0.25) is 4.57 Å². The summed E-state index contributed by atoms with van der Waals surface area (Å²) in [5.41, 5.74) is 19.1. The molecule has 0 bridgehead atoms. The van der Waals surface area contributed by atoms with Crippen LogP contribution in [0.15, 0.2) is 170 Å². The second kappa shape index (κ2) is 11.7. The van der Waals surface area contributed by atoms with Gasteiger partial charge in [-0.05, 0) is 99.1 Å². The van der Waals surface area contributed by atoms with Crippen molar-refractivity contribution in [3.63, 3.8) is 0 Å². The molecule has 284 valence electrons. The maximum atomic E-state index is 5.44. The van der Waals surface area contributed by atoms with Gasteiger partial charge in [-0.25, -0.2) is 9.97 Å². The molecule has 0 saturated heterocycles. The fourth-order valence-corrected chi connectivity index (χ4v) is 11.0. The highest BCUT2D eigenvalue weighted by atomic mass is 15.2. The summed E-state index contributed by atoms with van der Waals surface area (Å²) in [6, 6.07) is 62.6. The minimum atomic E-state index is -0.152. The first-order valence-corrected chi connectivity index (χ1v) is 21.0. The number of aromatic nitrogens is 4. The molecule has 3 heterocycles. The Balaban J connectivity index is 0.974. The summed E-state index contributed by atoms with van der Waals surface area (Å²) in [5, 5.41) is 6.01. The molecule has 4 nitrogen and oxygen atoms in total. The normalized spacial score (nSPS) is 14.6. The molecular weight excluding hydrogens is 729 g/mol. The quantitative estimate of drug-likeness (QED) is 0.179. The molecule has 8 aromatic carbocycles. The Bertz CT molecular complexity index is 3670. The van der Waals surface area contributed by atoms with Gasteiger partial charge < -0.3 is 4.57 Å². The molecule has 13 rings (SSSR count). The number of hydrogen-bond donors (Lipinski definition) is 0. The van der Waals surface area contributed by atoms with E-state index in [9.17, 15) is 0 Å². The number of benzene rings is 8. The number of fused-ring (bicyclic) bond motifs is 11. The van der Waals surface area contributed by atoms with Crippen LogP contribution in [0.4, 0.5) is 0 Å². The van der Waals surface area contributed by atoms with Crippen LogP contribution in [0.2, 0.25) is 0 Å². The van der Waals surface area contributed by atoms with E-state index in [4.69, 9.17) is 9.97 Å². The number of para-hydroxylation sites is 2. The van der Waals surface area contributed by atoms with E-state index in [2.05, 4.69) is 207 Å². The zero-order chi connectivity index (χ0) is 40.1. The van der Waals surface area contributed by atoms with Crippen LogP contribution in [-0.2, 0) is 10.8 Å². The molecule has 4 heteroatoms. The lowest BCUT2D eigenvalue weighted by Gasteiger charge is -2.34. The Morgan fingerprint density at radius 2 is 0.917 bits per heavy atom. The molecule has 0 aliphatic heterocycles. The van der Waals surface area contributed by atoms with Crippen LogP contribution in [-0.4, -0.2) is 19.1 Å². The predicted octanol–water partition coefficient (Wildman–Crippen LogP) is 14.1. The highest BCUT2D eigenvalue weighted by molar-refractivity contribution is 6.13. The van der Waals surface area contributed by atoms with Gasteiger partial charge in [0.05, 0.1) is 33.3 Å². The van der Waals surface area contributed by atoms with E-state index in [-0.39, 0.29) is 10.8 Å². The standard InChI is InChI=1S/C56H40N4/c1-55(2)44-19-10-6-17-40(44)53-52-45(55)20-13-21-47(52)57-54(58-53)60-49-23-12-8-16-39(49)42-31-34(25-29-51(42)60)33-24-28-50-41(30-33)38-15-7-11-22-48(38)59(50)35-26-27-37-36-14-5-9-18-43(36)56(3,4)46(37)32-35/h5-32H,1-4H3. The van der Waals surface area contributed by atoms with Crippen LogP contribution < -0.4 is 0 Å². The van der Waals surface area contributed by atoms with Crippen molar-refractivity contribution in [1.82, 2.24) is 19.1 Å². The van der Waals surface area contributed by atoms with E-state index in [0.717, 1.165) is 27.6 Å². The molecule has 3 aromatic heterocycles. The van der Waals surface area contributed by atoms with Crippen LogP contribution >= 0.6 is 0 Å². The molecule has 60 heavy (non-hydrogen) atoms. The van der Waals surface area contributed by atoms with Crippen molar-refractivity contribution in [3.8, 4) is 45.1 Å². The van der Waals surface area contributed by atoms with E-state index in [1.165, 1.54) is 88.3 Å². The zero-order valence-electron chi connectivity index (χ0n) is 34.0. The van der Waals surface area contributed by atoms with E-state index in [0.29, 0.717) is 5.95 Å². The fraction of sp³-hybridized carbons (Fsp3) is 0.107. The van der Waals surface area contributed by atoms with Crippen molar-refractivity contribution in [1.29, 1.82) is 0 Å².